The molecule has 1 amide bonds. The van der Waals surface area contributed by atoms with Crippen LogP contribution in [0.4, 0.5) is 0 Å². The zero-order valence-electron chi connectivity index (χ0n) is 16.9. The van der Waals surface area contributed by atoms with Crippen LogP contribution in [0, 0.1) is 0 Å². The van der Waals surface area contributed by atoms with Crippen LogP contribution in [0.15, 0.2) is 48.5 Å². The lowest BCUT2D eigenvalue weighted by Gasteiger charge is -2.51. The molecule has 0 aromatic heterocycles. The summed E-state index contributed by atoms with van der Waals surface area (Å²) >= 11 is 0. The third-order valence-corrected chi connectivity index (χ3v) is 6.74. The Morgan fingerprint density at radius 1 is 1.04 bits per heavy atom. The highest BCUT2D eigenvalue weighted by molar-refractivity contribution is 5.76. The Balaban J connectivity index is 1.38. The van der Waals surface area contributed by atoms with Gasteiger partial charge in [-0.15, -0.1) is 0 Å². The highest BCUT2D eigenvalue weighted by Crippen LogP contribution is 2.42. The molecule has 0 radical (unpaired) electrons. The molecule has 2 aliphatic heterocycles. The second-order valence-corrected chi connectivity index (χ2v) is 8.41. The summed E-state index contributed by atoms with van der Waals surface area (Å²) in [6.45, 7) is 4.50. The van der Waals surface area contributed by atoms with Crippen LogP contribution in [0.5, 0.6) is 0 Å². The summed E-state index contributed by atoms with van der Waals surface area (Å²) in [7, 11) is 2.30. The molecule has 4 rings (SSSR count). The lowest BCUT2D eigenvalue weighted by molar-refractivity contribution is -0.117. The first-order chi connectivity index (χ1) is 13.6. The number of benzene rings is 2. The van der Waals surface area contributed by atoms with Gasteiger partial charge in [-0.25, -0.2) is 0 Å². The van der Waals surface area contributed by atoms with Gasteiger partial charge in [0.1, 0.15) is 0 Å². The fourth-order valence-corrected chi connectivity index (χ4v) is 5.08. The number of rotatable bonds is 5. The van der Waals surface area contributed by atoms with Gasteiger partial charge in [-0.3, -0.25) is 9.69 Å². The fourth-order valence-electron chi connectivity index (χ4n) is 5.08. The molecule has 2 aromatic carbocycles. The van der Waals surface area contributed by atoms with E-state index in [4.69, 9.17) is 5.73 Å². The van der Waals surface area contributed by atoms with E-state index in [1.54, 1.807) is 11.1 Å². The Labute approximate surface area is 168 Å². The van der Waals surface area contributed by atoms with E-state index < -0.39 is 0 Å². The van der Waals surface area contributed by atoms with Crippen molar-refractivity contribution in [2.75, 3.05) is 33.2 Å². The van der Waals surface area contributed by atoms with E-state index in [1.807, 2.05) is 12.1 Å². The molecule has 148 valence electrons. The summed E-state index contributed by atoms with van der Waals surface area (Å²) in [6, 6.07) is 17.3. The van der Waals surface area contributed by atoms with Crippen molar-refractivity contribution in [3.8, 4) is 0 Å². The molecule has 0 atom stereocenters. The van der Waals surface area contributed by atoms with E-state index in [0.29, 0.717) is 6.42 Å². The third kappa shape index (κ3) is 3.85. The number of piperidine rings is 1. The number of likely N-dealkylation sites (tertiary alicyclic amines) is 1. The molecule has 1 spiro atoms. The Kier molecular flexibility index (Phi) is 5.51. The summed E-state index contributed by atoms with van der Waals surface area (Å²) in [6.07, 6.45) is 4.90. The molecule has 2 N–H and O–H groups in total. The fraction of sp³-hybridized carbons (Fsp3) is 0.458. The van der Waals surface area contributed by atoms with E-state index in [9.17, 15) is 4.79 Å². The maximum Gasteiger partial charge on any atom is 0.221 e. The molecule has 4 nitrogen and oxygen atoms in total. The molecule has 1 saturated heterocycles. The third-order valence-electron chi connectivity index (χ3n) is 6.74. The smallest absolute Gasteiger partial charge is 0.221 e. The minimum atomic E-state index is -0.268. The van der Waals surface area contributed by atoms with Crippen LogP contribution in [0.1, 0.15) is 35.1 Å². The van der Waals surface area contributed by atoms with Crippen molar-refractivity contribution in [3.63, 3.8) is 0 Å². The first-order valence-corrected chi connectivity index (χ1v) is 10.4. The van der Waals surface area contributed by atoms with Crippen LogP contribution in [-0.2, 0) is 29.6 Å². The number of carbonyl (C=O) groups excluding carboxylic acids is 1. The maximum atomic E-state index is 11.2. The van der Waals surface area contributed by atoms with Crippen LogP contribution >= 0.6 is 0 Å². The lowest BCUT2D eigenvalue weighted by atomic mass is 9.74. The van der Waals surface area contributed by atoms with Gasteiger partial charge in [-0.05, 0) is 55.0 Å². The highest BCUT2D eigenvalue weighted by atomic mass is 16.1. The van der Waals surface area contributed by atoms with Gasteiger partial charge in [0.15, 0.2) is 0 Å². The average molecular weight is 378 g/mol. The van der Waals surface area contributed by atoms with Gasteiger partial charge in [0, 0.05) is 31.7 Å². The zero-order valence-corrected chi connectivity index (χ0v) is 16.9. The molecular formula is C24H31N3O. The summed E-state index contributed by atoms with van der Waals surface area (Å²) in [5, 5.41) is 0. The number of fused-ring (bicyclic) bond motifs is 2. The SMILES string of the molecule is CN1CCc2ccccc2C12CCN(CCc1cccc(CC(N)=O)c1)CC2. The number of primary amides is 1. The number of amides is 1. The quantitative estimate of drug-likeness (QED) is 0.872. The minimum Gasteiger partial charge on any atom is -0.369 e. The maximum absolute atomic E-state index is 11.2. The molecule has 0 aliphatic carbocycles. The minimum absolute atomic E-state index is 0.215. The number of nitrogens with two attached hydrogens (primary N) is 1. The molecule has 2 aromatic rings. The summed E-state index contributed by atoms with van der Waals surface area (Å²) in [4.78, 5) is 16.3. The number of likely N-dealkylation sites (N-methyl/N-ethyl adjacent to an activating group) is 1. The van der Waals surface area contributed by atoms with Gasteiger partial charge < -0.3 is 10.6 Å². The Hall–Kier alpha value is -2.17. The Bertz CT molecular complexity index is 839. The van der Waals surface area contributed by atoms with E-state index >= 15 is 0 Å². The van der Waals surface area contributed by atoms with Crippen molar-refractivity contribution in [1.82, 2.24) is 9.80 Å². The van der Waals surface area contributed by atoms with Crippen molar-refractivity contribution in [2.24, 2.45) is 5.73 Å². The van der Waals surface area contributed by atoms with Crippen molar-refractivity contribution >= 4 is 5.91 Å². The van der Waals surface area contributed by atoms with E-state index in [2.05, 4.69) is 53.2 Å². The number of hydrogen-bond acceptors (Lipinski definition) is 3. The summed E-state index contributed by atoms with van der Waals surface area (Å²) in [5.41, 5.74) is 10.9. The molecule has 1 fully saturated rings. The van der Waals surface area contributed by atoms with Crippen LogP contribution < -0.4 is 5.73 Å². The topological polar surface area (TPSA) is 49.6 Å². The zero-order chi connectivity index (χ0) is 19.6. The van der Waals surface area contributed by atoms with Crippen LogP contribution in [0.25, 0.3) is 0 Å². The van der Waals surface area contributed by atoms with Crippen LogP contribution in [-0.4, -0.2) is 48.9 Å². The van der Waals surface area contributed by atoms with Gasteiger partial charge in [0.2, 0.25) is 5.91 Å². The van der Waals surface area contributed by atoms with Crippen molar-refractivity contribution in [3.05, 3.63) is 70.8 Å². The molecule has 0 saturated carbocycles. The van der Waals surface area contributed by atoms with Crippen molar-refractivity contribution in [2.45, 2.75) is 37.6 Å². The molecule has 0 bridgehead atoms. The molecule has 4 heteroatoms. The summed E-state index contributed by atoms with van der Waals surface area (Å²) in [5.74, 6) is -0.268. The molecular weight excluding hydrogens is 346 g/mol. The predicted octanol–water partition coefficient (Wildman–Crippen LogP) is 2.74. The van der Waals surface area contributed by atoms with Crippen molar-refractivity contribution in [1.29, 1.82) is 0 Å². The van der Waals surface area contributed by atoms with Gasteiger partial charge in [0.05, 0.1) is 6.42 Å². The van der Waals surface area contributed by atoms with E-state index in [0.717, 1.165) is 38.2 Å². The molecule has 0 unspecified atom stereocenters. The van der Waals surface area contributed by atoms with E-state index in [-0.39, 0.29) is 11.4 Å². The van der Waals surface area contributed by atoms with Gasteiger partial charge in [-0.2, -0.15) is 0 Å². The number of nitrogens with zero attached hydrogens (tertiary/aromatic N) is 2. The molecule has 2 aliphatic rings. The van der Waals surface area contributed by atoms with Gasteiger partial charge >= 0.3 is 0 Å². The largest absolute Gasteiger partial charge is 0.369 e. The summed E-state index contributed by atoms with van der Waals surface area (Å²) < 4.78 is 0. The molecule has 2 heterocycles. The number of hydrogen-bond donors (Lipinski definition) is 1. The van der Waals surface area contributed by atoms with Crippen molar-refractivity contribution < 1.29 is 4.79 Å². The highest BCUT2D eigenvalue weighted by Gasteiger charge is 2.42. The predicted molar refractivity (Wildman–Crippen MR) is 113 cm³/mol. The average Bonchev–Trinajstić information content (AvgIpc) is 2.70. The number of carbonyl (C=O) groups is 1. The van der Waals surface area contributed by atoms with Gasteiger partial charge in [-0.1, -0.05) is 48.5 Å². The first kappa shape index (κ1) is 19.2. The standard InChI is InChI=1S/C24H31N3O/c1-26-13-10-21-7-2-3-8-22(21)24(26)11-15-27(16-12-24)14-9-19-5-4-6-20(17-19)18-23(25)28/h2-8,17H,9-16,18H2,1H3,(H2,25,28). The Morgan fingerprint density at radius 2 is 1.79 bits per heavy atom. The van der Waals surface area contributed by atoms with Gasteiger partial charge in [0.25, 0.3) is 0 Å². The van der Waals surface area contributed by atoms with Crippen LogP contribution in [0.2, 0.25) is 0 Å². The second-order valence-electron chi connectivity index (χ2n) is 8.41. The molecule has 28 heavy (non-hydrogen) atoms. The normalized spacial score (nSPS) is 19.5. The first-order valence-electron chi connectivity index (χ1n) is 10.4. The van der Waals surface area contributed by atoms with E-state index in [1.165, 1.54) is 24.8 Å². The van der Waals surface area contributed by atoms with Crippen LogP contribution in [0.3, 0.4) is 0 Å². The Morgan fingerprint density at radius 3 is 2.57 bits per heavy atom. The second kappa shape index (κ2) is 8.06. The lowest BCUT2D eigenvalue weighted by Crippen LogP contribution is -2.54. The monoisotopic (exact) mass is 377 g/mol.